The number of hydrogen-bond acceptors (Lipinski definition) is 6. The van der Waals surface area contributed by atoms with Crippen LogP contribution in [0.3, 0.4) is 0 Å². The Morgan fingerprint density at radius 2 is 2.12 bits per heavy atom. The van der Waals surface area contributed by atoms with Crippen LogP contribution in [-0.4, -0.2) is 47.9 Å². The normalized spacial score (nSPS) is 23.6. The molecule has 0 bridgehead atoms. The van der Waals surface area contributed by atoms with Gasteiger partial charge in [0.1, 0.15) is 23.6 Å². The molecule has 4 unspecified atom stereocenters. The standard InChI is InChI=1S/C17H22N2O6/c1-10(14(9-20)19-17(22)23)7-15-18-13(16(21)25-15)8-11-3-5-12(24-2)6-4-11/h3-6,10,13,15-16,18-19,21H,7-8H2,1-2H3,(H,22,23). The van der Waals surface area contributed by atoms with Crippen LogP contribution < -0.4 is 15.4 Å². The van der Waals surface area contributed by atoms with Gasteiger partial charge in [0.2, 0.25) is 0 Å². The highest BCUT2D eigenvalue weighted by molar-refractivity contribution is 5.71. The van der Waals surface area contributed by atoms with E-state index in [0.29, 0.717) is 12.8 Å². The van der Waals surface area contributed by atoms with Crippen molar-refractivity contribution in [3.63, 3.8) is 0 Å². The van der Waals surface area contributed by atoms with Crippen LogP contribution in [0.25, 0.3) is 0 Å². The van der Waals surface area contributed by atoms with Crippen LogP contribution in [0.2, 0.25) is 0 Å². The molecule has 1 amide bonds. The monoisotopic (exact) mass is 350 g/mol. The van der Waals surface area contributed by atoms with Crippen molar-refractivity contribution >= 4 is 12.0 Å². The third-order valence-electron chi connectivity index (χ3n) is 4.07. The average molecular weight is 350 g/mol. The second-order valence-corrected chi connectivity index (χ2v) is 5.92. The maximum atomic E-state index is 10.9. The Morgan fingerprint density at radius 1 is 1.44 bits per heavy atom. The van der Waals surface area contributed by atoms with Gasteiger partial charge in [0, 0.05) is 5.92 Å². The number of benzene rings is 1. The van der Waals surface area contributed by atoms with Crippen molar-refractivity contribution < 1.29 is 29.3 Å². The molecule has 1 aliphatic heterocycles. The molecule has 0 saturated carbocycles. The molecule has 1 fully saturated rings. The summed E-state index contributed by atoms with van der Waals surface area (Å²) in [6.07, 6.45) is -1.92. The average Bonchev–Trinajstić information content (AvgIpc) is 2.92. The van der Waals surface area contributed by atoms with Crippen LogP contribution in [0.1, 0.15) is 18.9 Å². The molecule has 25 heavy (non-hydrogen) atoms. The van der Waals surface area contributed by atoms with Gasteiger partial charge in [-0.15, -0.1) is 0 Å². The third-order valence-corrected chi connectivity index (χ3v) is 4.07. The number of aliphatic hydroxyl groups is 1. The molecule has 1 aliphatic rings. The molecule has 0 aromatic heterocycles. The summed E-state index contributed by atoms with van der Waals surface area (Å²) >= 11 is 0. The van der Waals surface area contributed by atoms with Gasteiger partial charge >= 0.3 is 6.09 Å². The lowest BCUT2D eigenvalue weighted by molar-refractivity contribution is -0.100. The topological polar surface area (TPSA) is 117 Å². The predicted octanol–water partition coefficient (Wildman–Crippen LogP) is 0.880. The molecule has 1 heterocycles. The van der Waals surface area contributed by atoms with Gasteiger partial charge in [0.25, 0.3) is 0 Å². The molecule has 4 N–H and O–H groups in total. The molecule has 1 aromatic rings. The number of carbonyl (C=O) groups is 1. The van der Waals surface area contributed by atoms with Gasteiger partial charge in [-0.3, -0.25) is 10.6 Å². The molecule has 1 aromatic carbocycles. The van der Waals surface area contributed by atoms with E-state index in [4.69, 9.17) is 14.6 Å². The second-order valence-electron chi connectivity index (χ2n) is 5.92. The largest absolute Gasteiger partial charge is 0.497 e. The summed E-state index contributed by atoms with van der Waals surface area (Å²) < 4.78 is 10.6. The van der Waals surface area contributed by atoms with Crippen LogP contribution in [0.15, 0.2) is 30.0 Å². The Morgan fingerprint density at radius 3 is 2.68 bits per heavy atom. The molecule has 1 saturated heterocycles. The second kappa shape index (κ2) is 8.64. The lowest BCUT2D eigenvalue weighted by Gasteiger charge is -2.17. The van der Waals surface area contributed by atoms with E-state index in [1.807, 2.05) is 29.6 Å². The van der Waals surface area contributed by atoms with Crippen molar-refractivity contribution in [2.24, 2.45) is 5.92 Å². The highest BCUT2D eigenvalue weighted by Gasteiger charge is 2.34. The number of amides is 1. The molecule has 8 nitrogen and oxygen atoms in total. The first kappa shape index (κ1) is 19.0. The number of carboxylic acid groups (broad SMARTS) is 1. The first-order chi connectivity index (χ1) is 11.9. The lowest BCUT2D eigenvalue weighted by atomic mass is 10.0. The van der Waals surface area contributed by atoms with E-state index in [9.17, 15) is 14.7 Å². The van der Waals surface area contributed by atoms with Gasteiger partial charge in [-0.25, -0.2) is 9.59 Å². The number of methoxy groups -OCH3 is 1. The van der Waals surface area contributed by atoms with E-state index >= 15 is 0 Å². The predicted molar refractivity (Wildman–Crippen MR) is 88.6 cm³/mol. The summed E-state index contributed by atoms with van der Waals surface area (Å²) in [5.41, 5.74) is 0.946. The smallest absolute Gasteiger partial charge is 0.409 e. The highest BCUT2D eigenvalue weighted by Crippen LogP contribution is 2.22. The maximum Gasteiger partial charge on any atom is 0.409 e. The number of allylic oxidation sites excluding steroid dienone is 1. The van der Waals surface area contributed by atoms with Crippen molar-refractivity contribution in [1.29, 1.82) is 0 Å². The summed E-state index contributed by atoms with van der Waals surface area (Å²) in [6.45, 7) is 1.68. The zero-order valence-corrected chi connectivity index (χ0v) is 14.1. The Hall–Kier alpha value is -2.38. The molecular formula is C17H22N2O6. The van der Waals surface area contributed by atoms with Crippen LogP contribution in [0, 0.1) is 5.92 Å². The van der Waals surface area contributed by atoms with Crippen molar-refractivity contribution in [2.45, 2.75) is 38.3 Å². The van der Waals surface area contributed by atoms with E-state index in [2.05, 4.69) is 5.32 Å². The number of rotatable bonds is 7. The molecule has 0 spiro atoms. The number of aliphatic hydroxyl groups excluding tert-OH is 1. The van der Waals surface area contributed by atoms with E-state index < -0.39 is 24.5 Å². The van der Waals surface area contributed by atoms with Crippen molar-refractivity contribution in [3.8, 4) is 5.75 Å². The minimum absolute atomic E-state index is 0.0639. The zero-order valence-electron chi connectivity index (χ0n) is 14.1. The quantitative estimate of drug-likeness (QED) is 0.539. The van der Waals surface area contributed by atoms with Crippen LogP contribution >= 0.6 is 0 Å². The van der Waals surface area contributed by atoms with E-state index in [-0.39, 0.29) is 11.7 Å². The van der Waals surface area contributed by atoms with E-state index in [1.165, 1.54) is 0 Å². The number of hydrogen-bond donors (Lipinski definition) is 4. The van der Waals surface area contributed by atoms with Gasteiger partial charge < -0.3 is 19.7 Å². The molecule has 0 radical (unpaired) electrons. The Balaban J connectivity index is 1.91. The number of ether oxygens (including phenoxy) is 2. The number of carbonyl (C=O) groups excluding carboxylic acids is 1. The van der Waals surface area contributed by atoms with Gasteiger partial charge in [0.05, 0.1) is 13.2 Å². The van der Waals surface area contributed by atoms with Gasteiger partial charge in [0.15, 0.2) is 6.29 Å². The van der Waals surface area contributed by atoms with Gasteiger partial charge in [-0.1, -0.05) is 19.1 Å². The minimum atomic E-state index is -1.32. The zero-order chi connectivity index (χ0) is 18.4. The Bertz CT molecular complexity index is 641. The molecule has 8 heteroatoms. The number of nitrogens with one attached hydrogen (secondary N) is 2. The van der Waals surface area contributed by atoms with Crippen LogP contribution in [-0.2, 0) is 16.0 Å². The molecule has 136 valence electrons. The van der Waals surface area contributed by atoms with Crippen molar-refractivity contribution in [2.75, 3.05) is 7.11 Å². The SMILES string of the molecule is COc1ccc(CC2NC(CC(C)C(=C=O)NC(=O)O)OC2O)cc1. The first-order valence-corrected chi connectivity index (χ1v) is 7.90. The van der Waals surface area contributed by atoms with E-state index in [0.717, 1.165) is 11.3 Å². The third kappa shape index (κ3) is 5.30. The summed E-state index contributed by atoms with van der Waals surface area (Å²) in [4.78, 5) is 21.5. The molecule has 0 aliphatic carbocycles. The van der Waals surface area contributed by atoms with Crippen LogP contribution in [0.5, 0.6) is 5.75 Å². The Kier molecular flexibility index (Phi) is 6.55. The minimum Gasteiger partial charge on any atom is -0.497 e. The highest BCUT2D eigenvalue weighted by atomic mass is 16.6. The Labute approximate surface area is 145 Å². The maximum absolute atomic E-state index is 10.9. The van der Waals surface area contributed by atoms with Crippen LogP contribution in [0.4, 0.5) is 4.79 Å². The van der Waals surface area contributed by atoms with E-state index in [1.54, 1.807) is 20.0 Å². The summed E-state index contributed by atoms with van der Waals surface area (Å²) in [6, 6.07) is 7.20. The fourth-order valence-corrected chi connectivity index (χ4v) is 2.73. The summed E-state index contributed by atoms with van der Waals surface area (Å²) in [5, 5.41) is 24.0. The molecule has 4 atom stereocenters. The van der Waals surface area contributed by atoms with Crippen molar-refractivity contribution in [1.82, 2.24) is 10.6 Å². The fraction of sp³-hybridized carbons (Fsp3) is 0.471. The molecule has 2 rings (SSSR count). The summed E-state index contributed by atoms with van der Waals surface area (Å²) in [7, 11) is 1.60. The fourth-order valence-electron chi connectivity index (χ4n) is 2.73. The first-order valence-electron chi connectivity index (χ1n) is 7.90. The van der Waals surface area contributed by atoms with Gasteiger partial charge in [-0.05, 0) is 30.5 Å². The summed E-state index contributed by atoms with van der Waals surface area (Å²) in [5.74, 6) is 1.93. The lowest BCUT2D eigenvalue weighted by Crippen LogP contribution is -2.36. The van der Waals surface area contributed by atoms with Gasteiger partial charge in [-0.2, -0.15) is 0 Å². The molecular weight excluding hydrogens is 328 g/mol. The van der Waals surface area contributed by atoms with Crippen molar-refractivity contribution in [3.05, 3.63) is 35.5 Å².